The Labute approximate surface area is 171 Å². The standard InChI is InChI=1S/C23H29N3O3/c1-15-3-6-21-22(26(15)16(2)27)8-7-20(18-11-24-25(12-18)19-4-5-19)23(21)29-10-9-17-13-28-14-17/h7-8,11-12,15,17,19H,3-6,9-10,13-14H2,1-2H3/t15-/m0/s1. The van der Waals surface area contributed by atoms with E-state index in [1.165, 1.54) is 12.8 Å². The molecular formula is C23H29N3O3. The van der Waals surface area contributed by atoms with Crippen LogP contribution in [0.1, 0.15) is 51.1 Å². The second-order valence-corrected chi connectivity index (χ2v) is 8.70. The lowest BCUT2D eigenvalue weighted by atomic mass is 9.92. The van der Waals surface area contributed by atoms with Crippen molar-refractivity contribution < 1.29 is 14.3 Å². The highest BCUT2D eigenvalue weighted by molar-refractivity contribution is 5.95. The average molecular weight is 396 g/mol. The van der Waals surface area contributed by atoms with E-state index in [1.54, 1.807) is 6.92 Å². The molecule has 0 bridgehead atoms. The average Bonchev–Trinajstić information content (AvgIpc) is 3.40. The monoisotopic (exact) mass is 395 g/mol. The molecule has 0 spiro atoms. The number of aromatic nitrogens is 2. The van der Waals surface area contributed by atoms with Crippen LogP contribution in [0, 0.1) is 5.92 Å². The first-order chi connectivity index (χ1) is 14.1. The van der Waals surface area contributed by atoms with Gasteiger partial charge in [-0.1, -0.05) is 0 Å². The molecule has 6 nitrogen and oxygen atoms in total. The van der Waals surface area contributed by atoms with E-state index in [2.05, 4.69) is 35.0 Å². The highest BCUT2D eigenvalue weighted by Gasteiger charge is 2.31. The summed E-state index contributed by atoms with van der Waals surface area (Å²) < 4.78 is 13.8. The van der Waals surface area contributed by atoms with Crippen LogP contribution in [0.3, 0.4) is 0 Å². The lowest BCUT2D eigenvalue weighted by molar-refractivity contribution is -0.117. The van der Waals surface area contributed by atoms with E-state index in [9.17, 15) is 4.79 Å². The van der Waals surface area contributed by atoms with Gasteiger partial charge in [0.1, 0.15) is 5.75 Å². The topological polar surface area (TPSA) is 56.6 Å². The van der Waals surface area contributed by atoms with Crippen LogP contribution in [-0.4, -0.2) is 41.6 Å². The molecule has 3 heterocycles. The van der Waals surface area contributed by atoms with E-state index in [1.807, 2.05) is 11.1 Å². The van der Waals surface area contributed by atoms with Gasteiger partial charge in [0, 0.05) is 41.8 Å². The predicted octanol–water partition coefficient (Wildman–Crippen LogP) is 3.99. The van der Waals surface area contributed by atoms with Crippen LogP contribution in [0.4, 0.5) is 5.69 Å². The zero-order valence-electron chi connectivity index (χ0n) is 17.3. The van der Waals surface area contributed by atoms with Crippen LogP contribution >= 0.6 is 0 Å². The quantitative estimate of drug-likeness (QED) is 0.742. The van der Waals surface area contributed by atoms with E-state index >= 15 is 0 Å². The van der Waals surface area contributed by atoms with Gasteiger partial charge in [0.05, 0.1) is 37.7 Å². The fourth-order valence-electron chi connectivity index (χ4n) is 4.47. The number of amides is 1. The number of carbonyl (C=O) groups excluding carboxylic acids is 1. The van der Waals surface area contributed by atoms with Crippen molar-refractivity contribution in [2.45, 2.75) is 58.0 Å². The van der Waals surface area contributed by atoms with Crippen LogP contribution in [0.2, 0.25) is 0 Å². The molecule has 0 unspecified atom stereocenters. The number of rotatable bonds is 6. The predicted molar refractivity (Wildman–Crippen MR) is 111 cm³/mol. The number of fused-ring (bicyclic) bond motifs is 1. The van der Waals surface area contributed by atoms with Gasteiger partial charge in [-0.2, -0.15) is 5.10 Å². The minimum Gasteiger partial charge on any atom is -0.493 e. The van der Waals surface area contributed by atoms with Gasteiger partial charge in [0.2, 0.25) is 5.91 Å². The van der Waals surface area contributed by atoms with E-state index in [0.717, 1.165) is 60.6 Å². The van der Waals surface area contributed by atoms with Crippen molar-refractivity contribution in [1.82, 2.24) is 9.78 Å². The lowest BCUT2D eigenvalue weighted by Crippen LogP contribution is -2.40. The molecule has 0 radical (unpaired) electrons. The number of anilines is 1. The molecule has 1 atom stereocenters. The molecule has 2 aromatic rings. The first-order valence-electron chi connectivity index (χ1n) is 10.8. The summed E-state index contributed by atoms with van der Waals surface area (Å²) in [6.07, 6.45) is 9.38. The molecule has 2 fully saturated rings. The number of carbonyl (C=O) groups is 1. The maximum Gasteiger partial charge on any atom is 0.224 e. The van der Waals surface area contributed by atoms with Crippen molar-refractivity contribution in [3.8, 4) is 16.9 Å². The number of ether oxygens (including phenoxy) is 2. The summed E-state index contributed by atoms with van der Waals surface area (Å²) >= 11 is 0. The number of hydrogen-bond donors (Lipinski definition) is 0. The van der Waals surface area contributed by atoms with Gasteiger partial charge in [-0.3, -0.25) is 9.48 Å². The Kier molecular flexibility index (Phi) is 4.82. The smallest absolute Gasteiger partial charge is 0.224 e. The summed E-state index contributed by atoms with van der Waals surface area (Å²) in [5.74, 6) is 1.62. The van der Waals surface area contributed by atoms with Crippen molar-refractivity contribution in [3.05, 3.63) is 30.1 Å². The maximum atomic E-state index is 12.3. The molecule has 1 saturated heterocycles. The lowest BCUT2D eigenvalue weighted by Gasteiger charge is -2.36. The van der Waals surface area contributed by atoms with Crippen LogP contribution in [0.25, 0.3) is 11.1 Å². The molecule has 1 amide bonds. The fraction of sp³-hybridized carbons (Fsp3) is 0.565. The largest absolute Gasteiger partial charge is 0.493 e. The van der Waals surface area contributed by atoms with Gasteiger partial charge < -0.3 is 14.4 Å². The molecule has 154 valence electrons. The van der Waals surface area contributed by atoms with Gasteiger partial charge in [0.25, 0.3) is 0 Å². The number of hydrogen-bond acceptors (Lipinski definition) is 4. The first kappa shape index (κ1) is 18.7. The summed E-state index contributed by atoms with van der Waals surface area (Å²) in [4.78, 5) is 14.3. The normalized spacial score (nSPS) is 21.6. The fourth-order valence-corrected chi connectivity index (χ4v) is 4.47. The highest BCUT2D eigenvalue weighted by Crippen LogP contribution is 2.44. The SMILES string of the molecule is CC(=O)N1c2ccc(-c3cnn(C4CC4)c3)c(OCCC3COC3)c2CC[C@@H]1C. The summed E-state index contributed by atoms with van der Waals surface area (Å²) in [5, 5.41) is 4.57. The second kappa shape index (κ2) is 7.48. The Morgan fingerprint density at radius 2 is 2.10 bits per heavy atom. The van der Waals surface area contributed by atoms with Crippen LogP contribution < -0.4 is 9.64 Å². The maximum absolute atomic E-state index is 12.3. The zero-order valence-corrected chi connectivity index (χ0v) is 17.3. The van der Waals surface area contributed by atoms with Gasteiger partial charge in [-0.15, -0.1) is 0 Å². The molecule has 0 N–H and O–H groups in total. The summed E-state index contributed by atoms with van der Waals surface area (Å²) in [7, 11) is 0. The third-order valence-electron chi connectivity index (χ3n) is 6.40. The van der Waals surface area contributed by atoms with Crippen molar-refractivity contribution in [2.75, 3.05) is 24.7 Å². The third kappa shape index (κ3) is 3.54. The van der Waals surface area contributed by atoms with Crippen molar-refractivity contribution in [1.29, 1.82) is 0 Å². The molecule has 5 rings (SSSR count). The number of nitrogens with zero attached hydrogens (tertiary/aromatic N) is 3. The number of benzene rings is 1. The van der Waals surface area contributed by atoms with E-state index in [4.69, 9.17) is 9.47 Å². The Hall–Kier alpha value is -2.34. The Balaban J connectivity index is 1.51. The van der Waals surface area contributed by atoms with Gasteiger partial charge in [0.15, 0.2) is 0 Å². The van der Waals surface area contributed by atoms with Crippen molar-refractivity contribution in [2.24, 2.45) is 5.92 Å². The highest BCUT2D eigenvalue weighted by atomic mass is 16.5. The van der Waals surface area contributed by atoms with Crippen LogP contribution in [0.15, 0.2) is 24.5 Å². The molecule has 6 heteroatoms. The van der Waals surface area contributed by atoms with E-state index in [-0.39, 0.29) is 11.9 Å². The Morgan fingerprint density at radius 1 is 1.28 bits per heavy atom. The summed E-state index contributed by atoms with van der Waals surface area (Å²) in [6, 6.07) is 4.95. The van der Waals surface area contributed by atoms with Crippen molar-refractivity contribution in [3.63, 3.8) is 0 Å². The zero-order chi connectivity index (χ0) is 20.0. The summed E-state index contributed by atoms with van der Waals surface area (Å²) in [6.45, 7) is 6.12. The molecule has 1 aromatic carbocycles. The molecule has 1 aromatic heterocycles. The first-order valence-corrected chi connectivity index (χ1v) is 10.8. The minimum absolute atomic E-state index is 0.0883. The molecule has 1 saturated carbocycles. The van der Waals surface area contributed by atoms with Gasteiger partial charge >= 0.3 is 0 Å². The molecule has 3 aliphatic rings. The molecular weight excluding hydrogens is 366 g/mol. The summed E-state index contributed by atoms with van der Waals surface area (Å²) in [5.41, 5.74) is 4.32. The second-order valence-electron chi connectivity index (χ2n) is 8.70. The van der Waals surface area contributed by atoms with Crippen molar-refractivity contribution >= 4 is 11.6 Å². The van der Waals surface area contributed by atoms with Crippen LogP contribution in [0.5, 0.6) is 5.75 Å². The van der Waals surface area contributed by atoms with E-state index < -0.39 is 0 Å². The molecule has 1 aliphatic carbocycles. The van der Waals surface area contributed by atoms with Gasteiger partial charge in [-0.25, -0.2) is 0 Å². The Bertz CT molecular complexity index is 914. The van der Waals surface area contributed by atoms with Gasteiger partial charge in [-0.05, 0) is 51.2 Å². The Morgan fingerprint density at radius 3 is 2.79 bits per heavy atom. The molecule has 2 aliphatic heterocycles. The minimum atomic E-state index is 0.0883. The van der Waals surface area contributed by atoms with E-state index in [0.29, 0.717) is 18.6 Å². The molecule has 29 heavy (non-hydrogen) atoms. The van der Waals surface area contributed by atoms with Crippen LogP contribution in [-0.2, 0) is 16.0 Å². The third-order valence-corrected chi connectivity index (χ3v) is 6.40.